The quantitative estimate of drug-likeness (QED) is 0.0561. The van der Waals surface area contributed by atoms with Crippen molar-refractivity contribution in [1.29, 1.82) is 0 Å². The Morgan fingerprint density at radius 2 is 1.05 bits per heavy atom. The number of nitrogens with one attached hydrogen (secondary N) is 4. The predicted molar refractivity (Wildman–Crippen MR) is 309 cm³/mol. The zero-order chi connectivity index (χ0) is 58.4. The summed E-state index contributed by atoms with van der Waals surface area (Å²) in [5.74, 6) is 0.463. The van der Waals surface area contributed by atoms with Crippen molar-refractivity contribution in [2.24, 2.45) is 57.0 Å². The van der Waals surface area contributed by atoms with E-state index in [1.807, 2.05) is 115 Å². The van der Waals surface area contributed by atoms with Gasteiger partial charge in [0.25, 0.3) is 0 Å². The molecule has 0 aromatic heterocycles. The molecule has 0 bridgehead atoms. The van der Waals surface area contributed by atoms with E-state index >= 15 is 0 Å². The van der Waals surface area contributed by atoms with Crippen LogP contribution in [0.5, 0.6) is 0 Å². The maximum absolute atomic E-state index is 13.3. The van der Waals surface area contributed by atoms with E-state index in [0.717, 1.165) is 37.7 Å². The van der Waals surface area contributed by atoms with Crippen molar-refractivity contribution in [2.45, 2.75) is 260 Å². The van der Waals surface area contributed by atoms with E-state index in [2.05, 4.69) is 103 Å². The van der Waals surface area contributed by atoms with E-state index in [1.165, 1.54) is 0 Å². The molecule has 0 aliphatic rings. The summed E-state index contributed by atoms with van der Waals surface area (Å²) in [4.78, 5) is 87.4. The van der Waals surface area contributed by atoms with Crippen LogP contribution in [0.2, 0.25) is 0 Å². The van der Waals surface area contributed by atoms with Crippen molar-refractivity contribution in [3.8, 4) is 0 Å². The number of ketones is 5. The summed E-state index contributed by atoms with van der Waals surface area (Å²) in [7, 11) is 0. The number of rotatable bonds is 26. The van der Waals surface area contributed by atoms with E-state index in [9.17, 15) is 33.6 Å². The van der Waals surface area contributed by atoms with Crippen molar-refractivity contribution in [1.82, 2.24) is 21.3 Å². The molecular weight excluding hydrogens is 927 g/mol. The molecule has 1 aromatic carbocycles. The molecule has 0 aliphatic carbocycles. The molecule has 12 nitrogen and oxygen atoms in total. The first-order chi connectivity index (χ1) is 33.3. The van der Waals surface area contributed by atoms with Crippen molar-refractivity contribution in [3.63, 3.8) is 0 Å². The van der Waals surface area contributed by atoms with Gasteiger partial charge in [0.05, 0.1) is 18.1 Å². The fraction of sp³-hybridized carbons (Fsp3) is 0.790. The summed E-state index contributed by atoms with van der Waals surface area (Å²) in [5, 5.41) is 12.4. The predicted octanol–water partition coefficient (Wildman–Crippen LogP) is 12.6. The normalized spacial score (nSPS) is 15.0. The molecule has 0 aliphatic heterocycles. The third kappa shape index (κ3) is 32.6. The minimum absolute atomic E-state index is 0.00295. The second-order valence-corrected chi connectivity index (χ2v) is 28.1. The molecule has 6 atom stereocenters. The number of benzene rings is 1. The van der Waals surface area contributed by atoms with Crippen molar-refractivity contribution < 1.29 is 33.6 Å². The van der Waals surface area contributed by atoms with E-state index in [0.29, 0.717) is 38.6 Å². The maximum Gasteiger partial charge on any atom is 0.312 e. The highest BCUT2D eigenvalue weighted by atomic mass is 16.2. The SMILES string of the molecule is CC(C)C(CC(C)(C)C)C(=O)NC(CCCNC(N)=O)C(=O)C(C)(C)C.CC(CC(=O)C(NC(C)(C)C)C(C)C)C(=O)C(C)(C)C.CCCCCC(CC(=O)C(Cc1ccccc1)NC(C)(C)C)C(=O)C(C)(C)C. The molecule has 0 heterocycles. The Bertz CT molecular complexity index is 1860. The van der Waals surface area contributed by atoms with E-state index < -0.39 is 22.9 Å². The lowest BCUT2D eigenvalue weighted by atomic mass is 9.78. The van der Waals surface area contributed by atoms with Crippen LogP contribution in [-0.2, 0) is 35.2 Å². The van der Waals surface area contributed by atoms with Gasteiger partial charge in [-0.15, -0.1) is 0 Å². The van der Waals surface area contributed by atoms with Crippen LogP contribution in [0.1, 0.15) is 230 Å². The van der Waals surface area contributed by atoms with Crippen molar-refractivity contribution in [3.05, 3.63) is 35.9 Å². The zero-order valence-electron chi connectivity index (χ0n) is 51.7. The third-order valence-corrected chi connectivity index (χ3v) is 12.6. The number of unbranched alkanes of at least 4 members (excludes halogenated alkanes) is 2. The summed E-state index contributed by atoms with van der Waals surface area (Å²) in [6, 6.07) is 8.51. The lowest BCUT2D eigenvalue weighted by Gasteiger charge is -2.31. The van der Waals surface area contributed by atoms with Crippen molar-refractivity contribution >= 4 is 40.9 Å². The standard InChI is InChI=1S/C25H41NO2.C20H39N3O3.C17H33NO2/c1-8-9-11-16-20(23(28)24(2,3)4)18-22(27)21(26-25(5,6)7)17-19-14-12-10-13-15-19;1-13(2)14(12-19(3,4)5)17(25)23-15(16(24)20(6,7)8)10-9-11-22-18(21)26;1-11(2)14(18-17(7,8)9)13(19)10-12(3)15(20)16(4,5)6/h10,12-15,20-21,26H,8-9,11,16-18H2,1-7H3;13-15H,9-12H2,1-8H3,(H,23,25)(H3,21,22,26);11-12,14,18H,10H2,1-9H3. The fourth-order valence-corrected chi connectivity index (χ4v) is 8.81. The summed E-state index contributed by atoms with van der Waals surface area (Å²) in [6.45, 7) is 48.5. The monoisotopic (exact) mass is 1040 g/mol. The van der Waals surface area contributed by atoms with Crippen molar-refractivity contribution in [2.75, 3.05) is 6.54 Å². The molecule has 6 unspecified atom stereocenters. The average molecular weight is 1040 g/mol. The van der Waals surface area contributed by atoms with Gasteiger partial charge in [0, 0.05) is 64.5 Å². The topological polar surface area (TPSA) is 194 Å². The Balaban J connectivity index is 0. The molecule has 428 valence electrons. The van der Waals surface area contributed by atoms with Gasteiger partial charge in [-0.3, -0.25) is 28.8 Å². The zero-order valence-corrected chi connectivity index (χ0v) is 51.7. The Morgan fingerprint density at radius 1 is 0.554 bits per heavy atom. The van der Waals surface area contributed by atoms with E-state index in [4.69, 9.17) is 5.73 Å². The molecule has 0 fully saturated rings. The lowest BCUT2D eigenvalue weighted by molar-refractivity contribution is -0.135. The van der Waals surface area contributed by atoms with Gasteiger partial charge in [-0.2, -0.15) is 0 Å². The number of hydrogen-bond acceptors (Lipinski definition) is 9. The molecule has 3 amide bonds. The van der Waals surface area contributed by atoms with Gasteiger partial charge in [-0.1, -0.05) is 174 Å². The largest absolute Gasteiger partial charge is 0.352 e. The molecule has 1 rings (SSSR count). The Morgan fingerprint density at radius 3 is 1.46 bits per heavy atom. The van der Waals surface area contributed by atoms with Crippen LogP contribution < -0.4 is 27.0 Å². The summed E-state index contributed by atoms with van der Waals surface area (Å²) < 4.78 is 0. The first-order valence-electron chi connectivity index (χ1n) is 28.0. The first kappa shape index (κ1) is 72.3. The molecule has 12 heteroatoms. The molecular formula is C62H113N5O7. The van der Waals surface area contributed by atoms with Crippen LogP contribution >= 0.6 is 0 Å². The Kier molecular flexibility index (Phi) is 31.3. The van der Waals surface area contributed by atoms with Gasteiger partial charge in [-0.25, -0.2) is 4.79 Å². The molecule has 74 heavy (non-hydrogen) atoms. The van der Waals surface area contributed by atoms with Crippen LogP contribution in [-0.4, -0.2) is 76.6 Å². The number of hydrogen-bond donors (Lipinski definition) is 5. The summed E-state index contributed by atoms with van der Waals surface area (Å²) in [5.41, 5.74) is 4.61. The fourth-order valence-electron chi connectivity index (χ4n) is 8.81. The van der Waals surface area contributed by atoms with Gasteiger partial charge >= 0.3 is 6.03 Å². The highest BCUT2D eigenvalue weighted by Gasteiger charge is 2.36. The van der Waals surface area contributed by atoms with Gasteiger partial charge in [0.1, 0.15) is 11.6 Å². The highest BCUT2D eigenvalue weighted by Crippen LogP contribution is 2.31. The van der Waals surface area contributed by atoms with Gasteiger partial charge in [0.2, 0.25) is 5.91 Å². The highest BCUT2D eigenvalue weighted by molar-refractivity contribution is 5.94. The van der Waals surface area contributed by atoms with Gasteiger partial charge in [-0.05, 0) is 96.5 Å². The number of nitrogens with two attached hydrogens (primary N) is 1. The second-order valence-electron chi connectivity index (χ2n) is 28.1. The van der Waals surface area contributed by atoms with Gasteiger partial charge < -0.3 is 27.0 Å². The Hall–Kier alpha value is -3.77. The van der Waals surface area contributed by atoms with Crippen LogP contribution in [0.25, 0.3) is 0 Å². The number of carbonyl (C=O) groups is 7. The Labute approximate surface area is 453 Å². The van der Waals surface area contributed by atoms with Crippen LogP contribution in [0.15, 0.2) is 30.3 Å². The number of amides is 3. The minimum Gasteiger partial charge on any atom is -0.352 e. The summed E-state index contributed by atoms with van der Waals surface area (Å²) in [6.07, 6.45) is 7.16. The number of primary amides is 1. The van der Waals surface area contributed by atoms with E-state index in [1.54, 1.807) is 0 Å². The second kappa shape index (κ2) is 32.1. The number of urea groups is 1. The molecule has 0 saturated carbocycles. The summed E-state index contributed by atoms with van der Waals surface area (Å²) >= 11 is 0. The third-order valence-electron chi connectivity index (χ3n) is 12.6. The molecule has 6 N–H and O–H groups in total. The smallest absolute Gasteiger partial charge is 0.312 e. The molecule has 0 saturated heterocycles. The minimum atomic E-state index is -0.585. The molecule has 1 aromatic rings. The molecule has 0 radical (unpaired) electrons. The number of Topliss-reactive ketones (excluding diaryl/α,β-unsaturated/α-hetero) is 5. The first-order valence-corrected chi connectivity index (χ1v) is 28.0. The van der Waals surface area contributed by atoms with Crippen LogP contribution in [0.3, 0.4) is 0 Å². The van der Waals surface area contributed by atoms with Gasteiger partial charge in [0.15, 0.2) is 17.3 Å². The number of carbonyl (C=O) groups excluding carboxylic acids is 7. The molecule has 0 spiro atoms. The van der Waals surface area contributed by atoms with Crippen LogP contribution in [0, 0.1) is 51.2 Å². The van der Waals surface area contributed by atoms with E-state index in [-0.39, 0.29) is 98.4 Å². The van der Waals surface area contributed by atoms with Crippen LogP contribution in [0.4, 0.5) is 4.79 Å². The average Bonchev–Trinajstić information content (AvgIpc) is 3.22. The maximum atomic E-state index is 13.3. The lowest BCUT2D eigenvalue weighted by Crippen LogP contribution is -2.51.